The molecule has 1 aliphatic heterocycles. The van der Waals surface area contributed by atoms with E-state index in [4.69, 9.17) is 4.74 Å². The molecule has 26 heavy (non-hydrogen) atoms. The molecule has 1 saturated heterocycles. The molecule has 3 nitrogen and oxygen atoms in total. The monoisotopic (exact) mass is 381 g/mol. The molecule has 0 unspecified atom stereocenters. The smallest absolute Gasteiger partial charge is 0.265 e. The first-order chi connectivity index (χ1) is 12.8. The van der Waals surface area contributed by atoms with E-state index in [1.165, 1.54) is 11.3 Å². The molecular weight excluding hydrogens is 362 g/mol. The van der Waals surface area contributed by atoms with Gasteiger partial charge in [-0.15, -0.1) is 23.1 Å². The second-order valence-corrected chi connectivity index (χ2v) is 8.18. The zero-order valence-electron chi connectivity index (χ0n) is 14.2. The van der Waals surface area contributed by atoms with Gasteiger partial charge in [0, 0.05) is 12.3 Å². The number of benzene rings is 2. The van der Waals surface area contributed by atoms with Gasteiger partial charge in [0.05, 0.1) is 4.88 Å². The van der Waals surface area contributed by atoms with Gasteiger partial charge in [0.1, 0.15) is 17.7 Å². The lowest BCUT2D eigenvalue weighted by Crippen LogP contribution is -2.29. The topological polar surface area (TPSA) is 29.5 Å². The normalized spacial score (nSPS) is 16.6. The minimum absolute atomic E-state index is 0.0766. The van der Waals surface area contributed by atoms with Gasteiger partial charge in [0.25, 0.3) is 5.91 Å². The largest absolute Gasteiger partial charge is 0.489 e. The number of carbonyl (C=O) groups is 1. The Labute approximate surface area is 161 Å². The van der Waals surface area contributed by atoms with E-state index in [1.807, 2.05) is 64.5 Å². The van der Waals surface area contributed by atoms with E-state index in [-0.39, 0.29) is 11.3 Å². The fourth-order valence-corrected chi connectivity index (χ4v) is 4.90. The lowest BCUT2D eigenvalue weighted by atomic mass is 10.2. The van der Waals surface area contributed by atoms with Crippen molar-refractivity contribution in [2.24, 2.45) is 0 Å². The van der Waals surface area contributed by atoms with Crippen LogP contribution in [0.1, 0.15) is 26.2 Å². The van der Waals surface area contributed by atoms with Gasteiger partial charge in [0.15, 0.2) is 0 Å². The Balaban J connectivity index is 1.43. The van der Waals surface area contributed by atoms with E-state index >= 15 is 0 Å². The first-order valence-corrected chi connectivity index (χ1v) is 10.5. The van der Waals surface area contributed by atoms with Gasteiger partial charge in [-0.25, -0.2) is 0 Å². The summed E-state index contributed by atoms with van der Waals surface area (Å²) < 4.78 is 5.86. The summed E-state index contributed by atoms with van der Waals surface area (Å²) in [5.41, 5.74) is 2.29. The third-order valence-electron chi connectivity index (χ3n) is 4.30. The standard InChI is InChI=1S/C21H19NO2S2/c23-20(19-7-4-13-25-19)22-12-14-26-21(22)17-8-10-18(11-9-17)24-15-16-5-2-1-3-6-16/h1-11,13,21H,12,14-15H2/t21-/m1/s1. The lowest BCUT2D eigenvalue weighted by molar-refractivity contribution is 0.0765. The number of hydrogen-bond acceptors (Lipinski definition) is 4. The predicted octanol–water partition coefficient (Wildman–Crippen LogP) is 5.21. The van der Waals surface area contributed by atoms with Crippen molar-refractivity contribution >= 4 is 29.0 Å². The van der Waals surface area contributed by atoms with E-state index in [0.717, 1.165) is 34.1 Å². The van der Waals surface area contributed by atoms with Crippen LogP contribution in [-0.2, 0) is 6.61 Å². The van der Waals surface area contributed by atoms with Crippen molar-refractivity contribution in [3.63, 3.8) is 0 Å². The zero-order valence-corrected chi connectivity index (χ0v) is 15.8. The predicted molar refractivity (Wildman–Crippen MR) is 108 cm³/mol. The third kappa shape index (κ3) is 3.79. The van der Waals surface area contributed by atoms with Gasteiger partial charge >= 0.3 is 0 Å². The Bertz CT molecular complexity index is 847. The fourth-order valence-electron chi connectivity index (χ4n) is 2.97. The molecule has 1 aliphatic rings. The first kappa shape index (κ1) is 17.2. The molecule has 132 valence electrons. The van der Waals surface area contributed by atoms with Crippen molar-refractivity contribution in [2.45, 2.75) is 12.0 Å². The summed E-state index contributed by atoms with van der Waals surface area (Å²) in [4.78, 5) is 15.5. The molecule has 0 radical (unpaired) electrons. The quantitative estimate of drug-likeness (QED) is 0.607. The van der Waals surface area contributed by atoms with Crippen molar-refractivity contribution in [1.29, 1.82) is 0 Å². The van der Waals surface area contributed by atoms with E-state index in [2.05, 4.69) is 24.3 Å². The highest BCUT2D eigenvalue weighted by Gasteiger charge is 2.31. The maximum Gasteiger partial charge on any atom is 0.265 e. The van der Waals surface area contributed by atoms with E-state index in [9.17, 15) is 4.79 Å². The second-order valence-electron chi connectivity index (χ2n) is 6.04. The van der Waals surface area contributed by atoms with Crippen molar-refractivity contribution in [1.82, 2.24) is 4.90 Å². The molecule has 3 aromatic rings. The summed E-state index contributed by atoms with van der Waals surface area (Å²) in [6, 6.07) is 22.1. The number of amides is 1. The maximum atomic E-state index is 12.7. The van der Waals surface area contributed by atoms with Gasteiger partial charge in [-0.05, 0) is 34.7 Å². The number of thiophene rings is 1. The van der Waals surface area contributed by atoms with Crippen LogP contribution in [-0.4, -0.2) is 23.1 Å². The Morgan fingerprint density at radius 2 is 1.85 bits per heavy atom. The Morgan fingerprint density at radius 1 is 1.04 bits per heavy atom. The highest BCUT2D eigenvalue weighted by atomic mass is 32.2. The number of nitrogens with zero attached hydrogens (tertiary/aromatic N) is 1. The van der Waals surface area contributed by atoms with Crippen LogP contribution in [0.4, 0.5) is 0 Å². The Hall–Kier alpha value is -2.24. The Morgan fingerprint density at radius 3 is 2.58 bits per heavy atom. The van der Waals surface area contributed by atoms with Crippen LogP contribution in [0.15, 0.2) is 72.1 Å². The third-order valence-corrected chi connectivity index (χ3v) is 6.42. The van der Waals surface area contributed by atoms with Gasteiger partial charge in [-0.2, -0.15) is 0 Å². The van der Waals surface area contributed by atoms with Crippen LogP contribution >= 0.6 is 23.1 Å². The zero-order chi connectivity index (χ0) is 17.8. The summed E-state index contributed by atoms with van der Waals surface area (Å²) in [6.07, 6.45) is 0. The average Bonchev–Trinajstić information content (AvgIpc) is 3.39. The fraction of sp³-hybridized carbons (Fsp3) is 0.190. The molecule has 1 fully saturated rings. The SMILES string of the molecule is O=C(c1cccs1)N1CCS[C@@H]1c1ccc(OCc2ccccc2)cc1. The van der Waals surface area contributed by atoms with Crippen LogP contribution in [0.5, 0.6) is 5.75 Å². The minimum Gasteiger partial charge on any atom is -0.489 e. The molecule has 1 amide bonds. The summed E-state index contributed by atoms with van der Waals surface area (Å²) in [6.45, 7) is 1.35. The van der Waals surface area contributed by atoms with Crippen LogP contribution in [0, 0.1) is 0 Å². The number of thioether (sulfide) groups is 1. The van der Waals surface area contributed by atoms with Crippen LogP contribution in [0.3, 0.4) is 0 Å². The van der Waals surface area contributed by atoms with Crippen molar-refractivity contribution < 1.29 is 9.53 Å². The summed E-state index contributed by atoms with van der Waals surface area (Å²) in [5, 5.41) is 2.03. The summed E-state index contributed by atoms with van der Waals surface area (Å²) >= 11 is 3.32. The van der Waals surface area contributed by atoms with E-state index in [1.54, 1.807) is 0 Å². The summed E-state index contributed by atoms with van der Waals surface area (Å²) in [7, 11) is 0. The molecule has 2 heterocycles. The van der Waals surface area contributed by atoms with Crippen molar-refractivity contribution in [3.05, 3.63) is 88.1 Å². The molecule has 0 bridgehead atoms. The van der Waals surface area contributed by atoms with E-state index in [0.29, 0.717) is 6.61 Å². The molecule has 1 aromatic heterocycles. The van der Waals surface area contributed by atoms with Crippen molar-refractivity contribution in [3.8, 4) is 5.75 Å². The molecule has 0 saturated carbocycles. The number of hydrogen-bond donors (Lipinski definition) is 0. The highest BCUT2D eigenvalue weighted by molar-refractivity contribution is 7.99. The molecule has 4 rings (SSSR count). The molecule has 0 N–H and O–H groups in total. The number of carbonyl (C=O) groups excluding carboxylic acids is 1. The molecule has 2 aromatic carbocycles. The maximum absolute atomic E-state index is 12.7. The number of ether oxygens (including phenoxy) is 1. The van der Waals surface area contributed by atoms with Crippen LogP contribution in [0.2, 0.25) is 0 Å². The van der Waals surface area contributed by atoms with Gasteiger partial charge < -0.3 is 9.64 Å². The van der Waals surface area contributed by atoms with Gasteiger partial charge in [-0.1, -0.05) is 48.5 Å². The second kappa shape index (κ2) is 7.98. The molecular formula is C21H19NO2S2. The molecule has 0 aliphatic carbocycles. The highest BCUT2D eigenvalue weighted by Crippen LogP contribution is 2.39. The average molecular weight is 382 g/mol. The summed E-state index contributed by atoms with van der Waals surface area (Å²) in [5.74, 6) is 1.93. The Kier molecular flexibility index (Phi) is 5.27. The van der Waals surface area contributed by atoms with Gasteiger partial charge in [-0.3, -0.25) is 4.79 Å². The van der Waals surface area contributed by atoms with E-state index < -0.39 is 0 Å². The van der Waals surface area contributed by atoms with Crippen molar-refractivity contribution in [2.75, 3.05) is 12.3 Å². The van der Waals surface area contributed by atoms with Crippen LogP contribution < -0.4 is 4.74 Å². The molecule has 0 spiro atoms. The molecule has 1 atom stereocenters. The van der Waals surface area contributed by atoms with Gasteiger partial charge in [0.2, 0.25) is 0 Å². The minimum atomic E-state index is 0.0766. The first-order valence-electron chi connectivity index (χ1n) is 8.54. The lowest BCUT2D eigenvalue weighted by Gasteiger charge is -2.23. The molecule has 5 heteroatoms. The van der Waals surface area contributed by atoms with Crippen LogP contribution in [0.25, 0.3) is 0 Å². The number of rotatable bonds is 5.